The second-order valence-electron chi connectivity index (χ2n) is 6.83. The van der Waals surface area contributed by atoms with Crippen LogP contribution < -0.4 is 14.2 Å². The zero-order valence-corrected chi connectivity index (χ0v) is 17.1. The van der Waals surface area contributed by atoms with Gasteiger partial charge in [0.05, 0.1) is 26.3 Å². The van der Waals surface area contributed by atoms with Gasteiger partial charge in [0.15, 0.2) is 17.3 Å². The predicted molar refractivity (Wildman–Crippen MR) is 114 cm³/mol. The number of hydrogen-bond acceptors (Lipinski definition) is 6. The molecular formula is C23H23NO6. The lowest BCUT2D eigenvalue weighted by Gasteiger charge is -2.17. The van der Waals surface area contributed by atoms with Crippen molar-refractivity contribution in [1.82, 2.24) is 0 Å². The van der Waals surface area contributed by atoms with Gasteiger partial charge in [0.1, 0.15) is 0 Å². The predicted octanol–water partition coefficient (Wildman–Crippen LogP) is 4.84. The Morgan fingerprint density at radius 2 is 1.50 bits per heavy atom. The molecule has 7 nitrogen and oxygen atoms in total. The fourth-order valence-electron chi connectivity index (χ4n) is 3.49. The van der Waals surface area contributed by atoms with Crippen molar-refractivity contribution < 1.29 is 23.9 Å². The van der Waals surface area contributed by atoms with Gasteiger partial charge < -0.3 is 14.2 Å². The van der Waals surface area contributed by atoms with E-state index < -0.39 is 4.92 Å². The molecule has 0 heterocycles. The molecule has 1 saturated carbocycles. The molecule has 0 radical (unpaired) electrons. The van der Waals surface area contributed by atoms with Crippen molar-refractivity contribution in [1.29, 1.82) is 0 Å². The minimum atomic E-state index is -0.444. The maximum atomic E-state index is 13.0. The van der Waals surface area contributed by atoms with E-state index in [0.29, 0.717) is 46.8 Å². The molecule has 0 amide bonds. The summed E-state index contributed by atoms with van der Waals surface area (Å²) in [5.41, 5.74) is 2.72. The van der Waals surface area contributed by atoms with Gasteiger partial charge in [-0.05, 0) is 54.7 Å². The van der Waals surface area contributed by atoms with E-state index >= 15 is 0 Å². The highest BCUT2D eigenvalue weighted by atomic mass is 16.6. The van der Waals surface area contributed by atoms with Gasteiger partial charge in [-0.25, -0.2) is 0 Å². The Hall–Kier alpha value is -3.61. The summed E-state index contributed by atoms with van der Waals surface area (Å²) in [6.07, 6.45) is 5.67. The molecule has 0 saturated heterocycles. The number of allylic oxidation sites excluding steroid dienone is 2. The number of rotatable bonds is 6. The van der Waals surface area contributed by atoms with Crippen LogP contribution in [0.25, 0.3) is 12.2 Å². The van der Waals surface area contributed by atoms with E-state index in [-0.39, 0.29) is 11.5 Å². The Bertz CT molecular complexity index is 1010. The monoisotopic (exact) mass is 409 g/mol. The van der Waals surface area contributed by atoms with Crippen molar-refractivity contribution in [2.45, 2.75) is 19.3 Å². The number of non-ortho nitro benzene ring substituents is 1. The molecule has 0 bridgehead atoms. The first-order chi connectivity index (χ1) is 14.5. The molecule has 156 valence electrons. The molecule has 0 aromatic heterocycles. The Labute approximate surface area is 174 Å². The summed E-state index contributed by atoms with van der Waals surface area (Å²) in [5.74, 6) is 1.46. The molecule has 30 heavy (non-hydrogen) atoms. The second-order valence-corrected chi connectivity index (χ2v) is 6.83. The lowest BCUT2D eigenvalue weighted by Crippen LogP contribution is -2.12. The van der Waals surface area contributed by atoms with Crippen LogP contribution in [-0.2, 0) is 4.79 Å². The zero-order chi connectivity index (χ0) is 21.7. The van der Waals surface area contributed by atoms with Crippen molar-refractivity contribution in [3.05, 3.63) is 68.8 Å². The number of nitro groups is 1. The van der Waals surface area contributed by atoms with Crippen LogP contribution in [0.15, 0.2) is 47.5 Å². The van der Waals surface area contributed by atoms with E-state index in [0.717, 1.165) is 12.0 Å². The van der Waals surface area contributed by atoms with Crippen molar-refractivity contribution >= 4 is 23.6 Å². The minimum absolute atomic E-state index is 0.000738. The standard InChI is InChI=1S/C23H23NO6/c1-28-20-13-16(14-21(29-2)23(20)30-3)11-18-8-5-7-17(22(18)25)10-15-6-4-9-19(12-15)24(26)27/h4,6,9-14H,5,7-8H2,1-3H3/b17-10+,18-11+. The Kier molecular flexibility index (Phi) is 6.51. The number of nitro benzene ring substituents is 1. The summed E-state index contributed by atoms with van der Waals surface area (Å²) in [7, 11) is 4.62. The van der Waals surface area contributed by atoms with E-state index in [1.807, 2.05) is 6.08 Å². The van der Waals surface area contributed by atoms with Crippen LogP contribution in [0.1, 0.15) is 30.4 Å². The molecule has 0 spiro atoms. The number of hydrogen-bond donors (Lipinski definition) is 0. The van der Waals surface area contributed by atoms with E-state index in [1.165, 1.54) is 19.2 Å². The highest BCUT2D eigenvalue weighted by Gasteiger charge is 2.21. The number of carbonyl (C=O) groups is 1. The van der Waals surface area contributed by atoms with Gasteiger partial charge in [0.2, 0.25) is 5.75 Å². The second kappa shape index (κ2) is 9.26. The van der Waals surface area contributed by atoms with E-state index in [2.05, 4.69) is 0 Å². The molecule has 7 heteroatoms. The summed E-state index contributed by atoms with van der Waals surface area (Å²) >= 11 is 0. The number of carbonyl (C=O) groups excluding carboxylic acids is 1. The fourth-order valence-corrected chi connectivity index (χ4v) is 3.49. The summed E-state index contributed by atoms with van der Waals surface area (Å²) in [5, 5.41) is 11.0. The van der Waals surface area contributed by atoms with Gasteiger partial charge in [-0.1, -0.05) is 12.1 Å². The average molecular weight is 409 g/mol. The van der Waals surface area contributed by atoms with Gasteiger partial charge in [-0.2, -0.15) is 0 Å². The Balaban J connectivity index is 1.94. The molecule has 2 aromatic rings. The number of Topliss-reactive ketones (excluding diaryl/α,β-unsaturated/α-hetero) is 1. The minimum Gasteiger partial charge on any atom is -0.493 e. The summed E-state index contributed by atoms with van der Waals surface area (Å²) in [6, 6.07) is 9.85. The molecule has 0 N–H and O–H groups in total. The van der Waals surface area contributed by atoms with Crippen molar-refractivity contribution in [2.24, 2.45) is 0 Å². The van der Waals surface area contributed by atoms with Gasteiger partial charge in [0, 0.05) is 23.3 Å². The SMILES string of the molecule is COc1cc(/C=C2\CCC/C(=C\c3cccc([N+](=O)[O-])c3)C2=O)cc(OC)c1OC. The largest absolute Gasteiger partial charge is 0.493 e. The van der Waals surface area contributed by atoms with Crippen LogP contribution in [0.4, 0.5) is 5.69 Å². The molecule has 1 aliphatic carbocycles. The summed E-state index contributed by atoms with van der Waals surface area (Å²) < 4.78 is 16.1. The fraction of sp³-hybridized carbons (Fsp3) is 0.261. The van der Waals surface area contributed by atoms with Crippen LogP contribution >= 0.6 is 0 Å². The average Bonchev–Trinajstić information content (AvgIpc) is 2.75. The number of ketones is 1. The lowest BCUT2D eigenvalue weighted by molar-refractivity contribution is -0.384. The van der Waals surface area contributed by atoms with Gasteiger partial charge in [-0.15, -0.1) is 0 Å². The van der Waals surface area contributed by atoms with Gasteiger partial charge in [0.25, 0.3) is 5.69 Å². The molecule has 2 aromatic carbocycles. The molecule has 1 fully saturated rings. The third-order valence-electron chi connectivity index (χ3n) is 4.93. The number of ether oxygens (including phenoxy) is 3. The quantitative estimate of drug-likeness (QED) is 0.385. The van der Waals surface area contributed by atoms with Crippen molar-refractivity contribution in [3.63, 3.8) is 0 Å². The van der Waals surface area contributed by atoms with Crippen molar-refractivity contribution in [2.75, 3.05) is 21.3 Å². The Morgan fingerprint density at radius 3 is 2.03 bits per heavy atom. The topological polar surface area (TPSA) is 87.9 Å². The molecule has 0 atom stereocenters. The normalized spacial score (nSPS) is 16.6. The van der Waals surface area contributed by atoms with Crippen LogP contribution in [0, 0.1) is 10.1 Å². The lowest BCUT2D eigenvalue weighted by atomic mass is 9.86. The zero-order valence-electron chi connectivity index (χ0n) is 17.1. The molecule has 0 aliphatic heterocycles. The van der Waals surface area contributed by atoms with E-state index in [9.17, 15) is 14.9 Å². The third kappa shape index (κ3) is 4.51. The van der Waals surface area contributed by atoms with Crippen molar-refractivity contribution in [3.8, 4) is 17.2 Å². The first-order valence-electron chi connectivity index (χ1n) is 9.47. The van der Waals surface area contributed by atoms with Crippen LogP contribution in [0.5, 0.6) is 17.2 Å². The Morgan fingerprint density at radius 1 is 0.900 bits per heavy atom. The third-order valence-corrected chi connectivity index (χ3v) is 4.93. The first kappa shape index (κ1) is 21.1. The van der Waals surface area contributed by atoms with Crippen LogP contribution in [0.2, 0.25) is 0 Å². The summed E-state index contributed by atoms with van der Waals surface area (Å²) in [4.78, 5) is 23.6. The molecule has 1 aliphatic rings. The molecular weight excluding hydrogens is 386 g/mol. The molecule has 0 unspecified atom stereocenters. The highest BCUT2D eigenvalue weighted by molar-refractivity contribution is 6.14. The van der Waals surface area contributed by atoms with Gasteiger partial charge >= 0.3 is 0 Å². The maximum Gasteiger partial charge on any atom is 0.270 e. The summed E-state index contributed by atoms with van der Waals surface area (Å²) in [6.45, 7) is 0. The maximum absolute atomic E-state index is 13.0. The smallest absolute Gasteiger partial charge is 0.270 e. The van der Waals surface area contributed by atoms with Crippen LogP contribution in [0.3, 0.4) is 0 Å². The number of benzene rings is 2. The number of nitrogens with zero attached hydrogens (tertiary/aromatic N) is 1. The van der Waals surface area contributed by atoms with Gasteiger partial charge in [-0.3, -0.25) is 14.9 Å². The van der Waals surface area contributed by atoms with E-state index in [4.69, 9.17) is 14.2 Å². The number of methoxy groups -OCH3 is 3. The first-order valence-corrected chi connectivity index (χ1v) is 9.47. The highest BCUT2D eigenvalue weighted by Crippen LogP contribution is 2.39. The molecule has 3 rings (SSSR count). The van der Waals surface area contributed by atoms with E-state index in [1.54, 1.807) is 44.6 Å². The van der Waals surface area contributed by atoms with Crippen LogP contribution in [-0.4, -0.2) is 32.0 Å².